The van der Waals surface area contributed by atoms with Crippen LogP contribution in [0.25, 0.3) is 0 Å². The molecule has 1 aliphatic rings. The Morgan fingerprint density at radius 2 is 1.72 bits per heavy atom. The second-order valence-electron chi connectivity index (χ2n) is 5.33. The maximum Gasteiger partial charge on any atom is 0.306 e. The molecule has 0 amide bonds. The Labute approximate surface area is 107 Å². The molecule has 0 aliphatic heterocycles. The lowest BCUT2D eigenvalue weighted by atomic mass is 9.74. The van der Waals surface area contributed by atoms with Crippen LogP contribution in [0.2, 0.25) is 0 Å². The van der Waals surface area contributed by atoms with Gasteiger partial charge in [-0.15, -0.1) is 0 Å². The molecule has 0 radical (unpaired) electrons. The topological polar surface area (TPSA) is 57.5 Å². The first kappa shape index (κ1) is 12.9. The third kappa shape index (κ3) is 2.84. The number of carboxylic acid groups (broad SMARTS) is 1. The number of carboxylic acids is 1. The zero-order chi connectivity index (χ0) is 13.1. The fourth-order valence-corrected chi connectivity index (χ4v) is 2.90. The predicted octanol–water partition coefficient (Wildman–Crippen LogP) is 3.39. The van der Waals surface area contributed by atoms with Gasteiger partial charge in [0.1, 0.15) is 5.75 Å². The fourth-order valence-electron chi connectivity index (χ4n) is 2.90. The van der Waals surface area contributed by atoms with Gasteiger partial charge in [0.05, 0.1) is 5.92 Å². The van der Waals surface area contributed by atoms with Crippen molar-refractivity contribution in [2.24, 2.45) is 11.8 Å². The summed E-state index contributed by atoms with van der Waals surface area (Å²) >= 11 is 0. The lowest BCUT2D eigenvalue weighted by Gasteiger charge is -2.30. The van der Waals surface area contributed by atoms with Gasteiger partial charge in [-0.3, -0.25) is 4.79 Å². The van der Waals surface area contributed by atoms with Crippen LogP contribution in [-0.2, 0) is 4.79 Å². The van der Waals surface area contributed by atoms with Crippen molar-refractivity contribution >= 4 is 5.97 Å². The van der Waals surface area contributed by atoms with E-state index in [1.165, 1.54) is 5.56 Å². The van der Waals surface area contributed by atoms with Crippen LogP contribution < -0.4 is 0 Å². The lowest BCUT2D eigenvalue weighted by Crippen LogP contribution is -2.24. The molecule has 3 nitrogen and oxygen atoms in total. The Morgan fingerprint density at radius 3 is 2.22 bits per heavy atom. The van der Waals surface area contributed by atoms with E-state index in [4.69, 9.17) is 5.11 Å². The summed E-state index contributed by atoms with van der Waals surface area (Å²) in [6.45, 7) is 1.81. The van der Waals surface area contributed by atoms with Crippen LogP contribution in [0.5, 0.6) is 5.75 Å². The molecule has 1 aliphatic carbocycles. The standard InChI is InChI=1S/C15H20O3/c1-10(15(17)18)11-2-4-12(5-3-11)13-6-8-14(16)9-7-13/h6-12,16H,2-5H2,1H3,(H,17,18). The van der Waals surface area contributed by atoms with E-state index in [1.54, 1.807) is 12.1 Å². The van der Waals surface area contributed by atoms with Crippen LogP contribution in [0.4, 0.5) is 0 Å². The van der Waals surface area contributed by atoms with E-state index in [0.717, 1.165) is 25.7 Å². The quantitative estimate of drug-likeness (QED) is 0.862. The maximum absolute atomic E-state index is 11.0. The van der Waals surface area contributed by atoms with Gasteiger partial charge in [-0.25, -0.2) is 0 Å². The van der Waals surface area contributed by atoms with Crippen molar-refractivity contribution in [2.45, 2.75) is 38.5 Å². The predicted molar refractivity (Wildman–Crippen MR) is 69.6 cm³/mol. The molecule has 98 valence electrons. The van der Waals surface area contributed by atoms with Crippen LogP contribution in [0.15, 0.2) is 24.3 Å². The summed E-state index contributed by atoms with van der Waals surface area (Å²) < 4.78 is 0. The van der Waals surface area contributed by atoms with Crippen molar-refractivity contribution in [1.29, 1.82) is 0 Å². The van der Waals surface area contributed by atoms with Crippen molar-refractivity contribution in [3.63, 3.8) is 0 Å². The molecule has 2 N–H and O–H groups in total. The second-order valence-corrected chi connectivity index (χ2v) is 5.33. The first-order chi connectivity index (χ1) is 8.58. The van der Waals surface area contributed by atoms with E-state index in [1.807, 2.05) is 19.1 Å². The molecule has 0 aromatic heterocycles. The van der Waals surface area contributed by atoms with E-state index in [0.29, 0.717) is 17.6 Å². The van der Waals surface area contributed by atoms with Gasteiger partial charge < -0.3 is 10.2 Å². The molecular formula is C15H20O3. The Kier molecular flexibility index (Phi) is 3.90. The number of carbonyl (C=O) groups is 1. The Hall–Kier alpha value is -1.51. The number of benzene rings is 1. The van der Waals surface area contributed by atoms with E-state index < -0.39 is 5.97 Å². The van der Waals surface area contributed by atoms with Crippen molar-refractivity contribution in [2.75, 3.05) is 0 Å². The highest BCUT2D eigenvalue weighted by atomic mass is 16.4. The zero-order valence-electron chi connectivity index (χ0n) is 10.7. The van der Waals surface area contributed by atoms with Crippen molar-refractivity contribution in [1.82, 2.24) is 0 Å². The van der Waals surface area contributed by atoms with Crippen LogP contribution >= 0.6 is 0 Å². The van der Waals surface area contributed by atoms with Crippen LogP contribution in [-0.4, -0.2) is 16.2 Å². The SMILES string of the molecule is CC(C(=O)O)C1CCC(c2ccc(O)cc2)CC1. The number of hydrogen-bond donors (Lipinski definition) is 2. The third-order valence-corrected chi connectivity index (χ3v) is 4.23. The van der Waals surface area contributed by atoms with Gasteiger partial charge in [0.15, 0.2) is 0 Å². The first-order valence-electron chi connectivity index (χ1n) is 6.59. The zero-order valence-corrected chi connectivity index (χ0v) is 10.7. The summed E-state index contributed by atoms with van der Waals surface area (Å²) in [5.74, 6) is 0.222. The highest BCUT2D eigenvalue weighted by Gasteiger charge is 2.29. The molecule has 1 atom stereocenters. The largest absolute Gasteiger partial charge is 0.508 e. The van der Waals surface area contributed by atoms with Crippen LogP contribution in [0, 0.1) is 11.8 Å². The summed E-state index contributed by atoms with van der Waals surface area (Å²) in [5, 5.41) is 18.3. The second kappa shape index (κ2) is 5.42. The van der Waals surface area contributed by atoms with Crippen molar-refractivity contribution in [3.05, 3.63) is 29.8 Å². The Bertz CT molecular complexity index is 402. The van der Waals surface area contributed by atoms with E-state index in [9.17, 15) is 9.90 Å². The van der Waals surface area contributed by atoms with Crippen LogP contribution in [0.1, 0.15) is 44.1 Å². The summed E-state index contributed by atoms with van der Waals surface area (Å²) in [4.78, 5) is 11.0. The lowest BCUT2D eigenvalue weighted by molar-refractivity contribution is -0.143. The molecule has 0 spiro atoms. The molecule has 18 heavy (non-hydrogen) atoms. The molecule has 1 fully saturated rings. The monoisotopic (exact) mass is 248 g/mol. The van der Waals surface area contributed by atoms with Gasteiger partial charge in [0, 0.05) is 0 Å². The number of aliphatic carboxylic acids is 1. The van der Waals surface area contributed by atoms with E-state index >= 15 is 0 Å². The maximum atomic E-state index is 11.0. The minimum atomic E-state index is -0.678. The van der Waals surface area contributed by atoms with E-state index in [-0.39, 0.29) is 5.92 Å². The first-order valence-corrected chi connectivity index (χ1v) is 6.59. The molecular weight excluding hydrogens is 228 g/mol. The number of phenols is 1. The summed E-state index contributed by atoms with van der Waals surface area (Å²) in [7, 11) is 0. The van der Waals surface area contributed by atoms with Gasteiger partial charge in [0.25, 0.3) is 0 Å². The molecule has 2 rings (SSSR count). The summed E-state index contributed by atoms with van der Waals surface area (Å²) in [6.07, 6.45) is 4.07. The van der Waals surface area contributed by atoms with Crippen LogP contribution in [0.3, 0.4) is 0 Å². The Balaban J connectivity index is 1.94. The minimum Gasteiger partial charge on any atom is -0.508 e. The fraction of sp³-hybridized carbons (Fsp3) is 0.533. The van der Waals surface area contributed by atoms with Gasteiger partial charge in [-0.05, 0) is 55.2 Å². The Morgan fingerprint density at radius 1 is 1.17 bits per heavy atom. The average molecular weight is 248 g/mol. The molecule has 1 aromatic rings. The van der Waals surface area contributed by atoms with Gasteiger partial charge in [-0.2, -0.15) is 0 Å². The molecule has 1 saturated carbocycles. The summed E-state index contributed by atoms with van der Waals surface area (Å²) in [5.41, 5.74) is 1.26. The van der Waals surface area contributed by atoms with E-state index in [2.05, 4.69) is 0 Å². The number of phenolic OH excluding ortho intramolecular Hbond substituents is 1. The summed E-state index contributed by atoms with van der Waals surface area (Å²) in [6, 6.07) is 7.39. The van der Waals surface area contributed by atoms with Gasteiger partial charge >= 0.3 is 5.97 Å². The average Bonchev–Trinajstić information content (AvgIpc) is 2.39. The highest BCUT2D eigenvalue weighted by molar-refractivity contribution is 5.69. The minimum absolute atomic E-state index is 0.231. The number of hydrogen-bond acceptors (Lipinski definition) is 2. The van der Waals surface area contributed by atoms with Crippen molar-refractivity contribution in [3.8, 4) is 5.75 Å². The molecule has 1 aromatic carbocycles. The molecule has 0 heterocycles. The number of rotatable bonds is 3. The molecule has 0 bridgehead atoms. The normalized spacial score (nSPS) is 25.6. The highest BCUT2D eigenvalue weighted by Crippen LogP contribution is 2.39. The molecule has 3 heteroatoms. The smallest absolute Gasteiger partial charge is 0.306 e. The van der Waals surface area contributed by atoms with Gasteiger partial charge in [-0.1, -0.05) is 19.1 Å². The molecule has 0 saturated heterocycles. The molecule has 1 unspecified atom stereocenters. The van der Waals surface area contributed by atoms with Gasteiger partial charge in [0.2, 0.25) is 0 Å². The third-order valence-electron chi connectivity index (χ3n) is 4.23. The van der Waals surface area contributed by atoms with Crippen molar-refractivity contribution < 1.29 is 15.0 Å². The number of aromatic hydroxyl groups is 1.